The van der Waals surface area contributed by atoms with E-state index in [1.807, 2.05) is 18.2 Å². The van der Waals surface area contributed by atoms with E-state index in [2.05, 4.69) is 10.2 Å². The van der Waals surface area contributed by atoms with Crippen LogP contribution in [-0.2, 0) is 4.74 Å². The van der Waals surface area contributed by atoms with Crippen LogP contribution in [0.4, 0.5) is 4.39 Å². The summed E-state index contributed by atoms with van der Waals surface area (Å²) >= 11 is 0. The molecular weight excluding hydrogens is 335 g/mol. The van der Waals surface area contributed by atoms with Crippen LogP contribution < -0.4 is 0 Å². The largest absolute Gasteiger partial charge is 0.370 e. The Bertz CT molecular complexity index is 896. The number of carbonyl (C=O) groups is 1. The normalized spacial score (nSPS) is 17.3. The molecule has 26 heavy (non-hydrogen) atoms. The summed E-state index contributed by atoms with van der Waals surface area (Å²) in [5, 5.41) is 7.57. The van der Waals surface area contributed by atoms with Gasteiger partial charge in [-0.2, -0.15) is 0 Å². The molecule has 0 bridgehead atoms. The van der Waals surface area contributed by atoms with Crippen LogP contribution in [0.15, 0.2) is 61.2 Å². The van der Waals surface area contributed by atoms with Crippen LogP contribution in [-0.4, -0.2) is 45.3 Å². The van der Waals surface area contributed by atoms with Crippen molar-refractivity contribution in [2.75, 3.05) is 19.7 Å². The van der Waals surface area contributed by atoms with Crippen molar-refractivity contribution in [3.05, 3.63) is 78.1 Å². The van der Waals surface area contributed by atoms with Gasteiger partial charge >= 0.3 is 0 Å². The number of halogens is 1. The number of hydrogen-bond acceptors (Lipinski definition) is 4. The Morgan fingerprint density at radius 3 is 2.65 bits per heavy atom. The van der Waals surface area contributed by atoms with Gasteiger partial charge in [0, 0.05) is 17.8 Å². The highest BCUT2D eigenvalue weighted by Gasteiger charge is 2.26. The van der Waals surface area contributed by atoms with Crippen molar-refractivity contribution in [3.8, 4) is 5.69 Å². The number of hydrogen-bond donors (Lipinski definition) is 0. The molecule has 2 aromatic carbocycles. The predicted molar refractivity (Wildman–Crippen MR) is 92.4 cm³/mol. The maximum absolute atomic E-state index is 13.1. The predicted octanol–water partition coefficient (Wildman–Crippen LogP) is 2.62. The zero-order valence-electron chi connectivity index (χ0n) is 14.0. The van der Waals surface area contributed by atoms with Gasteiger partial charge in [0.05, 0.1) is 13.2 Å². The molecule has 1 fully saturated rings. The molecule has 0 radical (unpaired) electrons. The van der Waals surface area contributed by atoms with Gasteiger partial charge in [-0.25, -0.2) is 4.39 Å². The van der Waals surface area contributed by atoms with Crippen LogP contribution >= 0.6 is 0 Å². The summed E-state index contributed by atoms with van der Waals surface area (Å²) in [6, 6.07) is 13.5. The van der Waals surface area contributed by atoms with Crippen molar-refractivity contribution >= 4 is 5.91 Å². The van der Waals surface area contributed by atoms with Gasteiger partial charge < -0.3 is 9.64 Å². The van der Waals surface area contributed by atoms with Gasteiger partial charge in [-0.05, 0) is 35.9 Å². The van der Waals surface area contributed by atoms with E-state index in [0.29, 0.717) is 25.3 Å². The second-order valence-corrected chi connectivity index (χ2v) is 6.08. The van der Waals surface area contributed by atoms with Gasteiger partial charge in [0.25, 0.3) is 5.91 Å². The van der Waals surface area contributed by atoms with E-state index in [1.165, 1.54) is 12.1 Å². The Balaban J connectivity index is 1.52. The zero-order valence-corrected chi connectivity index (χ0v) is 14.0. The van der Waals surface area contributed by atoms with Crippen LogP contribution in [0.5, 0.6) is 0 Å². The van der Waals surface area contributed by atoms with Crippen LogP contribution in [0.3, 0.4) is 0 Å². The molecule has 2 heterocycles. The van der Waals surface area contributed by atoms with Gasteiger partial charge in [0.15, 0.2) is 0 Å². The molecule has 1 aliphatic rings. The monoisotopic (exact) mass is 352 g/mol. The minimum absolute atomic E-state index is 0.0599. The Hall–Kier alpha value is -3.06. The molecule has 1 atom stereocenters. The number of benzene rings is 2. The fourth-order valence-electron chi connectivity index (χ4n) is 3.03. The first-order chi connectivity index (χ1) is 12.7. The average Bonchev–Trinajstić information content (AvgIpc) is 3.23. The molecule has 0 saturated carbocycles. The molecule has 0 spiro atoms. The molecule has 0 aliphatic carbocycles. The Kier molecular flexibility index (Phi) is 4.45. The lowest BCUT2D eigenvalue weighted by molar-refractivity contribution is -0.0228. The number of amides is 1. The molecule has 6 nitrogen and oxygen atoms in total. The lowest BCUT2D eigenvalue weighted by atomic mass is 10.1. The average molecular weight is 352 g/mol. The van der Waals surface area contributed by atoms with Gasteiger partial charge in [0.1, 0.15) is 24.6 Å². The van der Waals surface area contributed by atoms with Crippen molar-refractivity contribution < 1.29 is 13.9 Å². The molecule has 1 unspecified atom stereocenters. The number of morpholine rings is 1. The number of aromatic nitrogens is 3. The lowest BCUT2D eigenvalue weighted by Gasteiger charge is -2.33. The molecule has 3 aromatic rings. The summed E-state index contributed by atoms with van der Waals surface area (Å²) in [4.78, 5) is 14.7. The number of ether oxygens (including phenoxy) is 1. The highest BCUT2D eigenvalue weighted by atomic mass is 19.1. The second kappa shape index (κ2) is 7.05. The first-order valence-corrected chi connectivity index (χ1v) is 8.32. The number of carbonyl (C=O) groups excluding carboxylic acids is 1. The quantitative estimate of drug-likeness (QED) is 0.727. The molecule has 4 rings (SSSR count). The SMILES string of the molecule is O=C(c1cccc(-n2cnnc2)c1)N1CCOC(c2ccc(F)cc2)C1. The van der Waals surface area contributed by atoms with Gasteiger partial charge in [-0.1, -0.05) is 18.2 Å². The fraction of sp³-hybridized carbons (Fsp3) is 0.211. The zero-order chi connectivity index (χ0) is 17.9. The van der Waals surface area contributed by atoms with Crippen molar-refractivity contribution in [2.45, 2.75) is 6.10 Å². The Labute approximate surface area is 149 Å². The molecular formula is C19H17FN4O2. The van der Waals surface area contributed by atoms with Crippen molar-refractivity contribution in [3.63, 3.8) is 0 Å². The summed E-state index contributed by atoms with van der Waals surface area (Å²) in [6.07, 6.45) is 2.92. The maximum Gasteiger partial charge on any atom is 0.254 e. The minimum atomic E-state index is -0.289. The lowest BCUT2D eigenvalue weighted by Crippen LogP contribution is -2.42. The van der Waals surface area contributed by atoms with Crippen LogP contribution in [0.2, 0.25) is 0 Å². The fourth-order valence-corrected chi connectivity index (χ4v) is 3.03. The van der Waals surface area contributed by atoms with E-state index < -0.39 is 0 Å². The highest BCUT2D eigenvalue weighted by molar-refractivity contribution is 5.94. The van der Waals surface area contributed by atoms with Gasteiger partial charge in [-0.3, -0.25) is 9.36 Å². The Morgan fingerprint density at radius 2 is 1.88 bits per heavy atom. The van der Waals surface area contributed by atoms with E-state index in [1.54, 1.807) is 40.3 Å². The van der Waals surface area contributed by atoms with Crippen LogP contribution in [0.25, 0.3) is 5.69 Å². The molecule has 1 aromatic heterocycles. The van der Waals surface area contributed by atoms with Crippen LogP contribution in [0, 0.1) is 5.82 Å². The van der Waals surface area contributed by atoms with E-state index in [9.17, 15) is 9.18 Å². The molecule has 0 N–H and O–H groups in total. The summed E-state index contributed by atoms with van der Waals surface area (Å²) in [6.45, 7) is 1.40. The molecule has 132 valence electrons. The third-order valence-corrected chi connectivity index (χ3v) is 4.41. The van der Waals surface area contributed by atoms with E-state index in [4.69, 9.17) is 4.74 Å². The highest BCUT2D eigenvalue weighted by Crippen LogP contribution is 2.24. The molecule has 1 aliphatic heterocycles. The third-order valence-electron chi connectivity index (χ3n) is 4.41. The summed E-state index contributed by atoms with van der Waals surface area (Å²) < 4.78 is 20.6. The van der Waals surface area contributed by atoms with E-state index >= 15 is 0 Å². The first-order valence-electron chi connectivity index (χ1n) is 8.32. The maximum atomic E-state index is 13.1. The first kappa shape index (κ1) is 16.4. The number of rotatable bonds is 3. The standard InChI is InChI=1S/C19H17FN4O2/c20-16-6-4-14(5-7-16)18-11-23(8-9-26-18)19(25)15-2-1-3-17(10-15)24-12-21-22-13-24/h1-7,10,12-13,18H,8-9,11H2. The van der Waals surface area contributed by atoms with Crippen molar-refractivity contribution in [2.24, 2.45) is 0 Å². The minimum Gasteiger partial charge on any atom is -0.370 e. The second-order valence-electron chi connectivity index (χ2n) is 6.08. The van der Waals surface area contributed by atoms with Crippen LogP contribution in [0.1, 0.15) is 22.0 Å². The topological polar surface area (TPSA) is 60.2 Å². The van der Waals surface area contributed by atoms with Crippen molar-refractivity contribution in [1.29, 1.82) is 0 Å². The molecule has 1 saturated heterocycles. The Morgan fingerprint density at radius 1 is 1.12 bits per heavy atom. The third kappa shape index (κ3) is 3.34. The van der Waals surface area contributed by atoms with E-state index in [-0.39, 0.29) is 17.8 Å². The van der Waals surface area contributed by atoms with E-state index in [0.717, 1.165) is 11.3 Å². The molecule has 1 amide bonds. The summed E-state index contributed by atoms with van der Waals surface area (Å²) in [7, 11) is 0. The molecule has 7 heteroatoms. The summed E-state index contributed by atoms with van der Waals surface area (Å²) in [5.74, 6) is -0.348. The van der Waals surface area contributed by atoms with Crippen molar-refractivity contribution in [1.82, 2.24) is 19.7 Å². The number of nitrogens with zero attached hydrogens (tertiary/aromatic N) is 4. The summed E-state index contributed by atoms with van der Waals surface area (Å²) in [5.41, 5.74) is 2.28. The van der Waals surface area contributed by atoms with Gasteiger partial charge in [-0.15, -0.1) is 10.2 Å². The van der Waals surface area contributed by atoms with Gasteiger partial charge in [0.2, 0.25) is 0 Å². The smallest absolute Gasteiger partial charge is 0.254 e.